The van der Waals surface area contributed by atoms with E-state index < -0.39 is 0 Å². The number of carbonyl (C=O) groups excluding carboxylic acids is 2. The number of Topliss-reactive ketones (excluding diaryl/α,β-unsaturated/α-hetero) is 1. The van der Waals surface area contributed by atoms with Gasteiger partial charge in [0.05, 0.1) is 17.4 Å². The number of ether oxygens (including phenoxy) is 1. The lowest BCUT2D eigenvalue weighted by molar-refractivity contribution is -0.125. The Labute approximate surface area is 110 Å². The second-order valence-electron chi connectivity index (χ2n) is 4.57. The van der Waals surface area contributed by atoms with E-state index in [-0.39, 0.29) is 23.7 Å². The van der Waals surface area contributed by atoms with Crippen molar-refractivity contribution in [3.63, 3.8) is 0 Å². The molecule has 0 aromatic carbocycles. The van der Waals surface area contributed by atoms with E-state index in [1.807, 2.05) is 24.4 Å². The minimum absolute atomic E-state index is 0.000945. The van der Waals surface area contributed by atoms with Crippen molar-refractivity contribution in [3.05, 3.63) is 22.4 Å². The lowest BCUT2D eigenvalue weighted by atomic mass is 10.1. The van der Waals surface area contributed by atoms with Crippen LogP contribution in [0.15, 0.2) is 17.5 Å². The van der Waals surface area contributed by atoms with Crippen LogP contribution in [0, 0.1) is 5.92 Å². The van der Waals surface area contributed by atoms with E-state index in [0.717, 1.165) is 11.3 Å². The quantitative estimate of drug-likeness (QED) is 0.828. The summed E-state index contributed by atoms with van der Waals surface area (Å²) in [6.45, 7) is 3.01. The van der Waals surface area contributed by atoms with Gasteiger partial charge in [-0.05, 0) is 24.8 Å². The number of hydrogen-bond acceptors (Lipinski definition) is 4. The van der Waals surface area contributed by atoms with Crippen molar-refractivity contribution in [1.82, 2.24) is 5.32 Å². The van der Waals surface area contributed by atoms with Crippen LogP contribution in [0.5, 0.6) is 0 Å². The van der Waals surface area contributed by atoms with Gasteiger partial charge in [0.25, 0.3) is 0 Å². The zero-order valence-corrected chi connectivity index (χ0v) is 11.2. The van der Waals surface area contributed by atoms with Crippen molar-refractivity contribution >= 4 is 23.0 Å². The average Bonchev–Trinajstić information content (AvgIpc) is 3.02. The number of ketones is 1. The Bertz CT molecular complexity index is 410. The van der Waals surface area contributed by atoms with E-state index in [4.69, 9.17) is 4.74 Å². The van der Waals surface area contributed by atoms with Crippen LogP contribution in [0.25, 0.3) is 0 Å². The normalized spacial score (nSPS) is 20.6. The summed E-state index contributed by atoms with van der Waals surface area (Å²) in [6.07, 6.45) is 1.12. The summed E-state index contributed by atoms with van der Waals surface area (Å²) in [5.74, 6) is 0.0312. The maximum Gasteiger partial charge on any atom is 0.225 e. The van der Waals surface area contributed by atoms with E-state index in [2.05, 4.69) is 5.32 Å². The molecular weight excluding hydrogens is 250 g/mol. The molecule has 0 radical (unpaired) electrons. The van der Waals surface area contributed by atoms with Crippen LogP contribution in [0.3, 0.4) is 0 Å². The molecule has 1 saturated heterocycles. The lowest BCUT2D eigenvalue weighted by Gasteiger charge is -2.15. The fourth-order valence-electron chi connectivity index (χ4n) is 1.97. The number of amides is 1. The van der Waals surface area contributed by atoms with Crippen LogP contribution in [-0.2, 0) is 9.53 Å². The van der Waals surface area contributed by atoms with Crippen LogP contribution in [-0.4, -0.2) is 30.9 Å². The number of hydrogen-bond donors (Lipinski definition) is 1. The lowest BCUT2D eigenvalue weighted by Crippen LogP contribution is -2.38. The number of nitrogens with one attached hydrogen (secondary N) is 1. The average molecular weight is 267 g/mol. The molecule has 1 aliphatic heterocycles. The summed E-state index contributed by atoms with van der Waals surface area (Å²) >= 11 is 1.43. The number of rotatable bonds is 5. The Balaban J connectivity index is 1.79. The molecule has 98 valence electrons. The first kappa shape index (κ1) is 13.2. The van der Waals surface area contributed by atoms with Gasteiger partial charge in [0.15, 0.2) is 5.78 Å². The maximum absolute atomic E-state index is 11.9. The predicted octanol–water partition coefficient (Wildman–Crippen LogP) is 1.86. The molecule has 0 unspecified atom stereocenters. The Hall–Kier alpha value is -1.20. The summed E-state index contributed by atoms with van der Waals surface area (Å²) < 4.78 is 5.17. The fraction of sp³-hybridized carbons (Fsp3) is 0.538. The van der Waals surface area contributed by atoms with Crippen molar-refractivity contribution in [2.45, 2.75) is 25.8 Å². The molecule has 0 bridgehead atoms. The van der Waals surface area contributed by atoms with Gasteiger partial charge in [-0.25, -0.2) is 0 Å². The van der Waals surface area contributed by atoms with Crippen LogP contribution in [0.2, 0.25) is 0 Å². The first-order valence-corrected chi connectivity index (χ1v) is 6.99. The van der Waals surface area contributed by atoms with Gasteiger partial charge in [-0.2, -0.15) is 0 Å². The van der Waals surface area contributed by atoms with E-state index >= 15 is 0 Å². The van der Waals surface area contributed by atoms with Crippen LogP contribution < -0.4 is 5.32 Å². The Morgan fingerprint density at radius 1 is 1.61 bits per heavy atom. The molecule has 18 heavy (non-hydrogen) atoms. The number of carbonyl (C=O) groups is 2. The van der Waals surface area contributed by atoms with Crippen molar-refractivity contribution in [3.8, 4) is 0 Å². The molecule has 1 aromatic rings. The molecule has 4 nitrogen and oxygen atoms in total. The van der Waals surface area contributed by atoms with Gasteiger partial charge >= 0.3 is 0 Å². The molecular formula is C13H17NO3S. The molecule has 2 rings (SSSR count). The highest BCUT2D eigenvalue weighted by Gasteiger charge is 2.25. The van der Waals surface area contributed by atoms with Gasteiger partial charge in [0, 0.05) is 19.1 Å². The fourth-order valence-corrected chi connectivity index (χ4v) is 2.64. The molecule has 1 aliphatic rings. The molecule has 5 heteroatoms. The third-order valence-electron chi connectivity index (χ3n) is 2.98. The van der Waals surface area contributed by atoms with Crippen LogP contribution in [0.4, 0.5) is 0 Å². The minimum Gasteiger partial charge on any atom is -0.381 e. The molecule has 2 atom stereocenters. The Morgan fingerprint density at radius 2 is 2.44 bits per heavy atom. The summed E-state index contributed by atoms with van der Waals surface area (Å²) in [6, 6.07) is 3.54. The smallest absolute Gasteiger partial charge is 0.225 e. The van der Waals surface area contributed by atoms with E-state index in [1.54, 1.807) is 0 Å². The third-order valence-corrected chi connectivity index (χ3v) is 3.89. The largest absolute Gasteiger partial charge is 0.381 e. The molecule has 0 spiro atoms. The van der Waals surface area contributed by atoms with Crippen molar-refractivity contribution < 1.29 is 14.3 Å². The van der Waals surface area contributed by atoms with Gasteiger partial charge in [-0.15, -0.1) is 11.3 Å². The predicted molar refractivity (Wildman–Crippen MR) is 69.8 cm³/mol. The summed E-state index contributed by atoms with van der Waals surface area (Å²) in [5.41, 5.74) is 0. The summed E-state index contributed by atoms with van der Waals surface area (Å²) in [4.78, 5) is 24.4. The molecule has 1 amide bonds. The molecule has 1 aromatic heterocycles. The third kappa shape index (κ3) is 3.40. The Morgan fingerprint density at radius 3 is 3.06 bits per heavy atom. The molecule has 0 aliphatic carbocycles. The summed E-state index contributed by atoms with van der Waals surface area (Å²) in [5, 5.41) is 4.76. The van der Waals surface area contributed by atoms with Crippen LogP contribution in [0.1, 0.15) is 29.4 Å². The second kappa shape index (κ2) is 6.11. The van der Waals surface area contributed by atoms with E-state index in [1.165, 1.54) is 11.3 Å². The van der Waals surface area contributed by atoms with Gasteiger partial charge in [0.2, 0.25) is 5.91 Å². The van der Waals surface area contributed by atoms with Crippen LogP contribution >= 0.6 is 11.3 Å². The SMILES string of the molecule is C[C@H](CC(=O)c1cccs1)NC(=O)[C@H]1CCOC1. The van der Waals surface area contributed by atoms with Gasteiger partial charge in [-0.1, -0.05) is 6.07 Å². The topological polar surface area (TPSA) is 55.4 Å². The summed E-state index contributed by atoms with van der Waals surface area (Å²) in [7, 11) is 0. The highest BCUT2D eigenvalue weighted by Crippen LogP contribution is 2.14. The highest BCUT2D eigenvalue weighted by atomic mass is 32.1. The molecule has 1 N–H and O–H groups in total. The molecule has 2 heterocycles. The zero-order valence-electron chi connectivity index (χ0n) is 10.3. The highest BCUT2D eigenvalue weighted by molar-refractivity contribution is 7.12. The van der Waals surface area contributed by atoms with Gasteiger partial charge < -0.3 is 10.1 Å². The second-order valence-corrected chi connectivity index (χ2v) is 5.52. The molecule has 1 fully saturated rings. The minimum atomic E-state index is -0.132. The maximum atomic E-state index is 11.9. The van der Waals surface area contributed by atoms with Crippen molar-refractivity contribution in [2.75, 3.05) is 13.2 Å². The van der Waals surface area contributed by atoms with Gasteiger partial charge in [0.1, 0.15) is 0 Å². The molecule has 0 saturated carbocycles. The van der Waals surface area contributed by atoms with Crippen molar-refractivity contribution in [1.29, 1.82) is 0 Å². The first-order chi connectivity index (χ1) is 8.66. The van der Waals surface area contributed by atoms with E-state index in [9.17, 15) is 9.59 Å². The monoisotopic (exact) mass is 267 g/mol. The zero-order chi connectivity index (χ0) is 13.0. The van der Waals surface area contributed by atoms with E-state index in [0.29, 0.717) is 19.6 Å². The van der Waals surface area contributed by atoms with Crippen molar-refractivity contribution in [2.24, 2.45) is 5.92 Å². The Kier molecular flexibility index (Phi) is 4.49. The van der Waals surface area contributed by atoms with Gasteiger partial charge in [-0.3, -0.25) is 9.59 Å². The first-order valence-electron chi connectivity index (χ1n) is 6.11. The standard InChI is InChI=1S/C13H17NO3S/c1-9(7-11(15)12-3-2-6-18-12)14-13(16)10-4-5-17-8-10/h2-3,6,9-10H,4-5,7-8H2,1H3,(H,14,16)/t9-,10+/m1/s1. The number of thiophene rings is 1.